The van der Waals surface area contributed by atoms with Crippen molar-refractivity contribution in [2.24, 2.45) is 0 Å². The van der Waals surface area contributed by atoms with Crippen molar-refractivity contribution in [2.45, 2.75) is 25.8 Å². The summed E-state index contributed by atoms with van der Waals surface area (Å²) < 4.78 is 2.01. The number of hydrogen-bond donors (Lipinski definition) is 2. The number of rotatable bonds is 6. The van der Waals surface area contributed by atoms with E-state index in [1.54, 1.807) is 0 Å². The van der Waals surface area contributed by atoms with Crippen molar-refractivity contribution in [3.05, 3.63) is 95.9 Å². The molecule has 5 aromatic rings. The second-order valence-electron chi connectivity index (χ2n) is 8.28. The third-order valence-electron chi connectivity index (χ3n) is 6.00. The normalized spacial score (nSPS) is 12.6. The highest BCUT2D eigenvalue weighted by molar-refractivity contribution is 5.83. The molecule has 3 aromatic carbocycles. The first kappa shape index (κ1) is 19.4. The average molecular weight is 434 g/mol. The number of hydrogen-bond acceptors (Lipinski definition) is 6. The second kappa shape index (κ2) is 8.35. The van der Waals surface area contributed by atoms with Gasteiger partial charge in [-0.3, -0.25) is 4.68 Å². The summed E-state index contributed by atoms with van der Waals surface area (Å²) in [6.45, 7) is 0.738. The van der Waals surface area contributed by atoms with E-state index in [-0.39, 0.29) is 0 Å². The van der Waals surface area contributed by atoms with Crippen molar-refractivity contribution in [1.29, 1.82) is 0 Å². The van der Waals surface area contributed by atoms with Crippen LogP contribution < -0.4 is 10.6 Å². The maximum Gasteiger partial charge on any atom is 0.232 e. The lowest BCUT2D eigenvalue weighted by molar-refractivity contribution is 0.712. The fourth-order valence-corrected chi connectivity index (χ4v) is 4.37. The van der Waals surface area contributed by atoms with Crippen molar-refractivity contribution >= 4 is 34.2 Å². The van der Waals surface area contributed by atoms with Gasteiger partial charge in [0.15, 0.2) is 0 Å². The van der Waals surface area contributed by atoms with Crippen LogP contribution in [0.1, 0.15) is 23.1 Å². The van der Waals surface area contributed by atoms with E-state index in [2.05, 4.69) is 73.1 Å². The minimum Gasteiger partial charge on any atom is -0.324 e. The smallest absolute Gasteiger partial charge is 0.232 e. The molecule has 0 aliphatic heterocycles. The second-order valence-corrected chi connectivity index (χ2v) is 8.28. The van der Waals surface area contributed by atoms with E-state index < -0.39 is 0 Å². The van der Waals surface area contributed by atoms with Gasteiger partial charge < -0.3 is 10.6 Å². The summed E-state index contributed by atoms with van der Waals surface area (Å²) >= 11 is 0. The molecule has 2 heterocycles. The molecule has 7 nitrogen and oxygen atoms in total. The fraction of sp³-hybridized carbons (Fsp3) is 0.154. The van der Waals surface area contributed by atoms with Crippen LogP contribution in [-0.4, -0.2) is 24.7 Å². The van der Waals surface area contributed by atoms with Crippen molar-refractivity contribution in [2.75, 3.05) is 10.6 Å². The van der Waals surface area contributed by atoms with Gasteiger partial charge in [-0.25, -0.2) is 9.97 Å². The average Bonchev–Trinajstić information content (AvgIpc) is 3.46. The molecule has 0 atom stereocenters. The molecule has 6 rings (SSSR count). The highest BCUT2D eigenvalue weighted by Crippen LogP contribution is 2.26. The number of nitrogens with one attached hydrogen (secondary N) is 2. The lowest BCUT2D eigenvalue weighted by Gasteiger charge is -2.09. The van der Waals surface area contributed by atoms with Gasteiger partial charge in [-0.15, -0.1) is 0 Å². The molecule has 0 fully saturated rings. The van der Waals surface area contributed by atoms with Crippen LogP contribution in [0.5, 0.6) is 0 Å². The van der Waals surface area contributed by atoms with Crippen LogP contribution in [-0.2, 0) is 19.4 Å². The van der Waals surface area contributed by atoms with Crippen LogP contribution in [0.2, 0.25) is 0 Å². The van der Waals surface area contributed by atoms with Crippen LogP contribution >= 0.6 is 0 Å². The topological polar surface area (TPSA) is 80.5 Å². The van der Waals surface area contributed by atoms with Gasteiger partial charge in [-0.05, 0) is 66.3 Å². The Morgan fingerprint density at radius 1 is 0.788 bits per heavy atom. The number of aryl methyl sites for hydroxylation is 2. The molecule has 2 N–H and O–H groups in total. The van der Waals surface area contributed by atoms with Crippen LogP contribution in [0, 0.1) is 0 Å². The first-order chi connectivity index (χ1) is 16.3. The van der Waals surface area contributed by atoms with Gasteiger partial charge in [0.25, 0.3) is 0 Å². The van der Waals surface area contributed by atoms with Crippen LogP contribution in [0.25, 0.3) is 10.9 Å². The Morgan fingerprint density at radius 2 is 1.55 bits per heavy atom. The summed E-state index contributed by atoms with van der Waals surface area (Å²) in [4.78, 5) is 13.1. The highest BCUT2D eigenvalue weighted by Gasteiger charge is 2.12. The Morgan fingerprint density at radius 3 is 2.39 bits per heavy atom. The molecule has 1 aliphatic rings. The van der Waals surface area contributed by atoms with Crippen LogP contribution in [0.15, 0.2) is 79.3 Å². The van der Waals surface area contributed by atoms with E-state index in [0.29, 0.717) is 11.9 Å². The predicted molar refractivity (Wildman–Crippen MR) is 130 cm³/mol. The molecular weight excluding hydrogens is 410 g/mol. The SMILES string of the molecule is c1ccc(Cn2ncc3cc(Nc4ncnc(Nc5ccc6c(c5)CCC6)n4)ccc32)cc1. The predicted octanol–water partition coefficient (Wildman–Crippen LogP) is 5.25. The van der Waals surface area contributed by atoms with Gasteiger partial charge in [0, 0.05) is 16.8 Å². The monoisotopic (exact) mass is 433 g/mol. The molecule has 0 amide bonds. The fourth-order valence-electron chi connectivity index (χ4n) is 4.37. The van der Waals surface area contributed by atoms with E-state index in [1.165, 1.54) is 35.9 Å². The molecule has 0 spiro atoms. The van der Waals surface area contributed by atoms with E-state index in [4.69, 9.17) is 0 Å². The summed E-state index contributed by atoms with van der Waals surface area (Å²) in [6, 6.07) is 23.0. The van der Waals surface area contributed by atoms with Crippen molar-refractivity contribution in [3.63, 3.8) is 0 Å². The number of aromatic nitrogens is 5. The Kier molecular flexibility index (Phi) is 4.92. The van der Waals surface area contributed by atoms with Gasteiger partial charge in [0.1, 0.15) is 6.33 Å². The number of fused-ring (bicyclic) bond motifs is 2. The zero-order chi connectivity index (χ0) is 22.0. The Bertz CT molecular complexity index is 1430. The zero-order valence-electron chi connectivity index (χ0n) is 18.1. The van der Waals surface area contributed by atoms with Crippen LogP contribution in [0.3, 0.4) is 0 Å². The number of anilines is 4. The highest BCUT2D eigenvalue weighted by atomic mass is 15.3. The Balaban J connectivity index is 1.19. The molecule has 1 aliphatic carbocycles. The molecular formula is C26H23N7. The molecule has 0 unspecified atom stereocenters. The molecule has 7 heteroatoms. The number of benzene rings is 3. The van der Waals surface area contributed by atoms with E-state index >= 15 is 0 Å². The van der Waals surface area contributed by atoms with Crippen molar-refractivity contribution in [1.82, 2.24) is 24.7 Å². The quantitative estimate of drug-likeness (QED) is 0.381. The molecule has 0 saturated heterocycles. The summed E-state index contributed by atoms with van der Waals surface area (Å²) in [5.41, 5.74) is 7.06. The molecule has 0 bridgehead atoms. The lowest BCUT2D eigenvalue weighted by Crippen LogP contribution is -2.03. The molecule has 0 radical (unpaired) electrons. The van der Waals surface area contributed by atoms with E-state index in [0.717, 1.165) is 35.2 Å². The van der Waals surface area contributed by atoms with Gasteiger partial charge >= 0.3 is 0 Å². The molecule has 162 valence electrons. The summed E-state index contributed by atoms with van der Waals surface area (Å²) in [5.74, 6) is 1.01. The number of nitrogens with zero attached hydrogens (tertiary/aromatic N) is 5. The molecule has 2 aromatic heterocycles. The Labute approximate surface area is 191 Å². The van der Waals surface area contributed by atoms with Gasteiger partial charge in [0.2, 0.25) is 11.9 Å². The largest absolute Gasteiger partial charge is 0.324 e. The van der Waals surface area contributed by atoms with Crippen molar-refractivity contribution in [3.8, 4) is 0 Å². The lowest BCUT2D eigenvalue weighted by atomic mass is 10.1. The summed E-state index contributed by atoms with van der Waals surface area (Å²) in [5, 5.41) is 12.2. The standard InChI is InChI=1S/C26H23N7/c1-2-5-18(6-3-1)16-33-24-12-11-23(14-21(24)15-29-33)31-26-28-17-27-25(32-26)30-22-10-9-19-7-4-8-20(19)13-22/h1-3,5-6,9-15,17H,4,7-8,16H2,(H2,27,28,30,31,32). The zero-order valence-corrected chi connectivity index (χ0v) is 18.1. The summed E-state index contributed by atoms with van der Waals surface area (Å²) in [6.07, 6.45) is 6.94. The van der Waals surface area contributed by atoms with E-state index in [9.17, 15) is 0 Å². The van der Waals surface area contributed by atoms with Gasteiger partial charge in [0.05, 0.1) is 18.3 Å². The third-order valence-corrected chi connectivity index (χ3v) is 6.00. The molecule has 0 saturated carbocycles. The van der Waals surface area contributed by atoms with Gasteiger partial charge in [-0.2, -0.15) is 10.1 Å². The maximum atomic E-state index is 4.56. The first-order valence-electron chi connectivity index (χ1n) is 11.1. The third kappa shape index (κ3) is 4.13. The minimum absolute atomic E-state index is 0.490. The Hall–Kier alpha value is -4.26. The minimum atomic E-state index is 0.490. The molecule has 33 heavy (non-hydrogen) atoms. The van der Waals surface area contributed by atoms with Crippen molar-refractivity contribution < 1.29 is 0 Å². The first-order valence-corrected chi connectivity index (χ1v) is 11.1. The summed E-state index contributed by atoms with van der Waals surface area (Å²) in [7, 11) is 0. The maximum absolute atomic E-state index is 4.56. The van der Waals surface area contributed by atoms with Gasteiger partial charge in [-0.1, -0.05) is 36.4 Å². The van der Waals surface area contributed by atoms with E-state index in [1.807, 2.05) is 35.1 Å². The van der Waals surface area contributed by atoms with Crippen LogP contribution in [0.4, 0.5) is 23.3 Å².